The first-order chi connectivity index (χ1) is 12.2. The van der Waals surface area contributed by atoms with Crippen LogP contribution in [0.4, 0.5) is 4.79 Å². The highest BCUT2D eigenvalue weighted by Gasteiger charge is 2.36. The molecule has 1 aromatic carbocycles. The molecule has 1 aliphatic carbocycles. The molecule has 2 fully saturated rings. The van der Waals surface area contributed by atoms with E-state index in [2.05, 4.69) is 0 Å². The molecular weight excluding hydrogens is 340 g/mol. The summed E-state index contributed by atoms with van der Waals surface area (Å²) < 4.78 is 5.50. The molecule has 0 unspecified atom stereocenters. The van der Waals surface area contributed by atoms with Gasteiger partial charge in [0.05, 0.1) is 6.04 Å². The number of hydrogen-bond donors (Lipinski definition) is 0. The maximum Gasteiger partial charge on any atom is 0.410 e. The molecule has 2 aliphatic rings. The Bertz CT molecular complexity index is 592. The molecular formula is C19H25ClN2O3. The standard InChI is InChI=1S/C19H25ClN2O3/c20-12-18(23)22(16-9-10-16)13-17-8-4-5-11-21(17)19(24)25-14-15-6-2-1-3-7-15/h1-3,6-7,16-17H,4-5,8-14H2/t17-/m1/s1. The second-order valence-corrected chi connectivity index (χ2v) is 7.06. The number of amides is 2. The number of halogens is 1. The Morgan fingerprint density at radius 3 is 2.60 bits per heavy atom. The van der Waals surface area contributed by atoms with E-state index >= 15 is 0 Å². The largest absolute Gasteiger partial charge is 0.445 e. The molecule has 1 atom stereocenters. The molecule has 0 N–H and O–H groups in total. The van der Waals surface area contributed by atoms with Gasteiger partial charge in [-0.25, -0.2) is 4.79 Å². The van der Waals surface area contributed by atoms with Crippen LogP contribution in [0.5, 0.6) is 0 Å². The highest BCUT2D eigenvalue weighted by Crippen LogP contribution is 2.29. The Kier molecular flexibility index (Phi) is 6.19. The summed E-state index contributed by atoms with van der Waals surface area (Å²) in [5, 5.41) is 0. The van der Waals surface area contributed by atoms with Gasteiger partial charge in [0.1, 0.15) is 12.5 Å². The van der Waals surface area contributed by atoms with Crippen LogP contribution in [0.1, 0.15) is 37.7 Å². The number of alkyl halides is 1. The van der Waals surface area contributed by atoms with Gasteiger partial charge >= 0.3 is 6.09 Å². The average molecular weight is 365 g/mol. The molecule has 136 valence electrons. The first kappa shape index (κ1) is 18.1. The summed E-state index contributed by atoms with van der Waals surface area (Å²) in [5.74, 6) is -0.0332. The van der Waals surface area contributed by atoms with Crippen LogP contribution in [0.2, 0.25) is 0 Å². The Morgan fingerprint density at radius 2 is 1.92 bits per heavy atom. The van der Waals surface area contributed by atoms with Gasteiger partial charge in [0.25, 0.3) is 0 Å². The van der Waals surface area contributed by atoms with Crippen molar-refractivity contribution in [3.05, 3.63) is 35.9 Å². The van der Waals surface area contributed by atoms with Crippen molar-refractivity contribution in [3.63, 3.8) is 0 Å². The van der Waals surface area contributed by atoms with Crippen LogP contribution >= 0.6 is 11.6 Å². The molecule has 1 heterocycles. The van der Waals surface area contributed by atoms with E-state index in [9.17, 15) is 9.59 Å². The molecule has 1 saturated heterocycles. The van der Waals surface area contributed by atoms with Gasteiger partial charge in [0, 0.05) is 19.1 Å². The minimum Gasteiger partial charge on any atom is -0.445 e. The highest BCUT2D eigenvalue weighted by atomic mass is 35.5. The highest BCUT2D eigenvalue weighted by molar-refractivity contribution is 6.27. The van der Waals surface area contributed by atoms with Gasteiger partial charge in [-0.3, -0.25) is 4.79 Å². The Morgan fingerprint density at radius 1 is 1.16 bits per heavy atom. The zero-order chi connectivity index (χ0) is 17.6. The lowest BCUT2D eigenvalue weighted by atomic mass is 10.0. The van der Waals surface area contributed by atoms with E-state index < -0.39 is 0 Å². The third-order valence-corrected chi connectivity index (χ3v) is 5.13. The number of nitrogens with zero attached hydrogens (tertiary/aromatic N) is 2. The van der Waals surface area contributed by atoms with Gasteiger partial charge < -0.3 is 14.5 Å². The summed E-state index contributed by atoms with van der Waals surface area (Å²) in [7, 11) is 0. The summed E-state index contributed by atoms with van der Waals surface area (Å²) in [4.78, 5) is 28.3. The number of piperidine rings is 1. The number of rotatable bonds is 6. The normalized spacial score (nSPS) is 20.2. The first-order valence-electron chi connectivity index (χ1n) is 9.02. The second-order valence-electron chi connectivity index (χ2n) is 6.79. The molecule has 1 saturated carbocycles. The Hall–Kier alpha value is -1.75. The predicted molar refractivity (Wildman–Crippen MR) is 96.4 cm³/mol. The van der Waals surface area contributed by atoms with E-state index in [1.165, 1.54) is 0 Å². The quantitative estimate of drug-likeness (QED) is 0.727. The molecule has 0 aromatic heterocycles. The van der Waals surface area contributed by atoms with Crippen LogP contribution in [0.15, 0.2) is 30.3 Å². The fourth-order valence-electron chi connectivity index (χ4n) is 3.38. The summed E-state index contributed by atoms with van der Waals surface area (Å²) in [6.07, 6.45) is 4.73. The van der Waals surface area contributed by atoms with Gasteiger partial charge in [0.2, 0.25) is 5.91 Å². The lowest BCUT2D eigenvalue weighted by molar-refractivity contribution is -0.130. The minimum absolute atomic E-state index is 0.00166. The maximum atomic E-state index is 12.6. The summed E-state index contributed by atoms with van der Waals surface area (Å²) in [6, 6.07) is 9.99. The summed E-state index contributed by atoms with van der Waals surface area (Å²) in [5.41, 5.74) is 0.973. The van der Waals surface area contributed by atoms with Crippen LogP contribution in [0.3, 0.4) is 0 Å². The molecule has 0 bridgehead atoms. The van der Waals surface area contributed by atoms with Crippen molar-refractivity contribution in [2.75, 3.05) is 19.0 Å². The second kappa shape index (κ2) is 8.56. The molecule has 6 heteroatoms. The lowest BCUT2D eigenvalue weighted by Gasteiger charge is -2.38. The van der Waals surface area contributed by atoms with Gasteiger partial charge in [-0.15, -0.1) is 11.6 Å². The summed E-state index contributed by atoms with van der Waals surface area (Å²) >= 11 is 5.76. The van der Waals surface area contributed by atoms with Crippen LogP contribution < -0.4 is 0 Å². The van der Waals surface area contributed by atoms with E-state index in [4.69, 9.17) is 16.3 Å². The maximum absolute atomic E-state index is 12.6. The van der Waals surface area contributed by atoms with Crippen molar-refractivity contribution in [1.82, 2.24) is 9.80 Å². The van der Waals surface area contributed by atoms with E-state index in [0.717, 1.165) is 37.7 Å². The van der Waals surface area contributed by atoms with E-state index in [-0.39, 0.29) is 30.5 Å². The zero-order valence-corrected chi connectivity index (χ0v) is 15.2. The Balaban J connectivity index is 1.59. The third-order valence-electron chi connectivity index (χ3n) is 4.90. The fraction of sp³-hybridized carbons (Fsp3) is 0.579. The first-order valence-corrected chi connectivity index (χ1v) is 9.55. The number of likely N-dealkylation sites (tertiary alicyclic amines) is 1. The number of ether oxygens (including phenoxy) is 1. The van der Waals surface area contributed by atoms with E-state index in [0.29, 0.717) is 19.1 Å². The molecule has 1 aromatic rings. The van der Waals surface area contributed by atoms with Crippen molar-refractivity contribution in [3.8, 4) is 0 Å². The van der Waals surface area contributed by atoms with Gasteiger partial charge in [-0.1, -0.05) is 30.3 Å². The van der Waals surface area contributed by atoms with Crippen molar-refractivity contribution in [2.24, 2.45) is 0 Å². The Labute approximate surface area is 153 Å². The number of hydrogen-bond acceptors (Lipinski definition) is 3. The van der Waals surface area contributed by atoms with E-state index in [1.54, 1.807) is 4.90 Å². The van der Waals surface area contributed by atoms with Crippen molar-refractivity contribution in [1.29, 1.82) is 0 Å². The number of carbonyl (C=O) groups excluding carboxylic acids is 2. The van der Waals surface area contributed by atoms with E-state index in [1.807, 2.05) is 35.2 Å². The number of benzene rings is 1. The topological polar surface area (TPSA) is 49.9 Å². The zero-order valence-electron chi connectivity index (χ0n) is 14.4. The smallest absolute Gasteiger partial charge is 0.410 e. The van der Waals surface area contributed by atoms with Gasteiger partial charge in [0.15, 0.2) is 0 Å². The lowest BCUT2D eigenvalue weighted by Crippen LogP contribution is -2.51. The predicted octanol–water partition coefficient (Wildman–Crippen LogP) is 3.41. The molecule has 0 spiro atoms. The van der Waals surface area contributed by atoms with Gasteiger partial charge in [-0.05, 0) is 37.7 Å². The average Bonchev–Trinajstić information content (AvgIpc) is 3.49. The summed E-state index contributed by atoms with van der Waals surface area (Å²) in [6.45, 7) is 1.53. The third kappa shape index (κ3) is 4.88. The minimum atomic E-state index is -0.289. The molecule has 25 heavy (non-hydrogen) atoms. The number of carbonyl (C=O) groups is 2. The molecule has 1 aliphatic heterocycles. The van der Waals surface area contributed by atoms with Gasteiger partial charge in [-0.2, -0.15) is 0 Å². The van der Waals surface area contributed by atoms with Crippen LogP contribution in [0.25, 0.3) is 0 Å². The van der Waals surface area contributed by atoms with Crippen molar-refractivity contribution < 1.29 is 14.3 Å². The molecule has 3 rings (SSSR count). The monoisotopic (exact) mass is 364 g/mol. The van der Waals surface area contributed by atoms with Crippen LogP contribution in [0, 0.1) is 0 Å². The van der Waals surface area contributed by atoms with Crippen molar-refractivity contribution in [2.45, 2.75) is 50.8 Å². The van der Waals surface area contributed by atoms with Crippen LogP contribution in [-0.4, -0.2) is 52.9 Å². The SMILES string of the molecule is O=C(CCl)N(C[C@H]1CCCCN1C(=O)OCc1ccccc1)C1CC1. The fourth-order valence-corrected chi connectivity index (χ4v) is 3.53. The van der Waals surface area contributed by atoms with Crippen LogP contribution in [-0.2, 0) is 16.1 Å². The molecule has 5 nitrogen and oxygen atoms in total. The molecule has 2 amide bonds. The van der Waals surface area contributed by atoms with Crippen molar-refractivity contribution >= 4 is 23.6 Å². The molecule has 0 radical (unpaired) electrons.